The fourth-order valence-electron chi connectivity index (χ4n) is 0.846. The summed E-state index contributed by atoms with van der Waals surface area (Å²) in [6.07, 6.45) is 2.65. The fraction of sp³-hybridized carbons (Fsp3) is 0.571. The molecule has 0 saturated carbocycles. The van der Waals surface area contributed by atoms with Gasteiger partial charge in [0.05, 0.1) is 0 Å². The van der Waals surface area contributed by atoms with Crippen LogP contribution in [0.3, 0.4) is 0 Å². The van der Waals surface area contributed by atoms with Gasteiger partial charge in [0.2, 0.25) is 5.91 Å². The number of hydrogen-bond donors (Lipinski definition) is 2. The van der Waals surface area contributed by atoms with Crippen molar-refractivity contribution in [3.8, 4) is 0 Å². The van der Waals surface area contributed by atoms with Crippen molar-refractivity contribution in [1.82, 2.24) is 20.5 Å². The van der Waals surface area contributed by atoms with E-state index in [1.165, 1.54) is 6.33 Å². The van der Waals surface area contributed by atoms with E-state index in [0.717, 1.165) is 5.82 Å². The van der Waals surface area contributed by atoms with Crippen LogP contribution >= 0.6 is 15.9 Å². The molecule has 0 aliphatic carbocycles. The first-order chi connectivity index (χ1) is 6.33. The fourth-order valence-corrected chi connectivity index (χ4v) is 1.21. The number of carbonyl (C=O) groups excluding carboxylic acids is 1. The van der Waals surface area contributed by atoms with Crippen molar-refractivity contribution in [3.05, 3.63) is 12.2 Å². The van der Waals surface area contributed by atoms with Gasteiger partial charge in [-0.3, -0.25) is 9.89 Å². The Morgan fingerprint density at radius 1 is 1.69 bits per heavy atom. The maximum absolute atomic E-state index is 11.0. The van der Waals surface area contributed by atoms with Gasteiger partial charge in [0.1, 0.15) is 12.2 Å². The third-order valence-corrected chi connectivity index (χ3v) is 1.87. The van der Waals surface area contributed by atoms with Gasteiger partial charge in [0.25, 0.3) is 0 Å². The summed E-state index contributed by atoms with van der Waals surface area (Å²) in [5.41, 5.74) is 0. The molecule has 1 aromatic heterocycles. The number of nitrogens with one attached hydrogen (secondary N) is 2. The molecule has 0 bridgehead atoms. The zero-order valence-electron chi connectivity index (χ0n) is 7.09. The van der Waals surface area contributed by atoms with Crippen LogP contribution in [0, 0.1) is 0 Å². The lowest BCUT2D eigenvalue weighted by molar-refractivity contribution is -0.120. The smallest absolute Gasteiger partial charge is 0.220 e. The summed E-state index contributed by atoms with van der Waals surface area (Å²) in [4.78, 5) is 14.9. The van der Waals surface area contributed by atoms with Crippen molar-refractivity contribution < 1.29 is 4.79 Å². The van der Waals surface area contributed by atoms with Crippen molar-refractivity contribution in [3.63, 3.8) is 0 Å². The van der Waals surface area contributed by atoms with Crippen molar-refractivity contribution in [2.75, 3.05) is 11.9 Å². The molecule has 0 atom stereocenters. The SMILES string of the molecule is O=C(CCBr)NCCc1ncn[nH]1. The van der Waals surface area contributed by atoms with E-state index in [2.05, 4.69) is 36.4 Å². The second-order valence-electron chi connectivity index (χ2n) is 2.47. The van der Waals surface area contributed by atoms with Gasteiger partial charge in [-0.15, -0.1) is 0 Å². The molecule has 13 heavy (non-hydrogen) atoms. The van der Waals surface area contributed by atoms with Crippen LogP contribution in [0.4, 0.5) is 0 Å². The lowest BCUT2D eigenvalue weighted by Crippen LogP contribution is -2.25. The molecule has 0 spiro atoms. The normalized spacial score (nSPS) is 9.92. The van der Waals surface area contributed by atoms with Gasteiger partial charge >= 0.3 is 0 Å². The minimum absolute atomic E-state index is 0.0522. The van der Waals surface area contributed by atoms with Gasteiger partial charge in [0.15, 0.2) is 0 Å². The lowest BCUT2D eigenvalue weighted by Gasteiger charge is -2.00. The maximum Gasteiger partial charge on any atom is 0.220 e. The quantitative estimate of drug-likeness (QED) is 0.732. The van der Waals surface area contributed by atoms with E-state index >= 15 is 0 Å². The molecule has 0 aliphatic heterocycles. The van der Waals surface area contributed by atoms with E-state index in [4.69, 9.17) is 0 Å². The third kappa shape index (κ3) is 4.02. The van der Waals surface area contributed by atoms with Crippen LogP contribution < -0.4 is 5.32 Å². The monoisotopic (exact) mass is 246 g/mol. The first kappa shape index (κ1) is 10.2. The van der Waals surface area contributed by atoms with E-state index in [1.807, 2.05) is 0 Å². The number of H-pyrrole nitrogens is 1. The summed E-state index contributed by atoms with van der Waals surface area (Å²) in [6, 6.07) is 0. The van der Waals surface area contributed by atoms with E-state index < -0.39 is 0 Å². The van der Waals surface area contributed by atoms with Gasteiger partial charge in [-0.2, -0.15) is 5.10 Å². The highest BCUT2D eigenvalue weighted by molar-refractivity contribution is 9.09. The molecule has 72 valence electrons. The lowest BCUT2D eigenvalue weighted by atomic mass is 10.4. The molecule has 5 nitrogen and oxygen atoms in total. The van der Waals surface area contributed by atoms with Crippen LogP contribution in [0.25, 0.3) is 0 Å². The van der Waals surface area contributed by atoms with E-state index in [0.29, 0.717) is 24.7 Å². The van der Waals surface area contributed by atoms with E-state index in [-0.39, 0.29) is 5.91 Å². The second kappa shape index (κ2) is 5.69. The van der Waals surface area contributed by atoms with Crippen LogP contribution in [0.5, 0.6) is 0 Å². The van der Waals surface area contributed by atoms with Crippen LogP contribution in [-0.4, -0.2) is 33.0 Å². The van der Waals surface area contributed by atoms with Crippen molar-refractivity contribution >= 4 is 21.8 Å². The minimum atomic E-state index is 0.0522. The van der Waals surface area contributed by atoms with Crippen molar-refractivity contribution in [1.29, 1.82) is 0 Å². The molecule has 1 amide bonds. The van der Waals surface area contributed by atoms with Crippen LogP contribution in [-0.2, 0) is 11.2 Å². The zero-order valence-corrected chi connectivity index (χ0v) is 8.67. The standard InChI is InChI=1S/C7H11BrN4O/c8-3-1-7(13)9-4-2-6-10-5-11-12-6/h5H,1-4H2,(H,9,13)(H,10,11,12). The Labute approximate surface area is 84.5 Å². The summed E-state index contributed by atoms with van der Waals surface area (Å²) in [7, 11) is 0. The molecule has 0 unspecified atom stereocenters. The predicted molar refractivity (Wildman–Crippen MR) is 51.5 cm³/mol. The van der Waals surface area contributed by atoms with Crippen LogP contribution in [0.1, 0.15) is 12.2 Å². The molecule has 2 N–H and O–H groups in total. The molecule has 1 aromatic rings. The van der Waals surface area contributed by atoms with Crippen LogP contribution in [0.2, 0.25) is 0 Å². The van der Waals surface area contributed by atoms with Gasteiger partial charge in [-0.25, -0.2) is 4.98 Å². The number of rotatable bonds is 5. The van der Waals surface area contributed by atoms with E-state index in [9.17, 15) is 4.79 Å². The molecule has 0 saturated heterocycles. The molecular formula is C7H11BrN4O. The maximum atomic E-state index is 11.0. The number of carbonyl (C=O) groups is 1. The zero-order chi connectivity index (χ0) is 9.52. The molecule has 1 rings (SSSR count). The molecule has 0 aromatic carbocycles. The highest BCUT2D eigenvalue weighted by atomic mass is 79.9. The highest BCUT2D eigenvalue weighted by Crippen LogP contribution is 1.88. The van der Waals surface area contributed by atoms with Gasteiger partial charge in [-0.05, 0) is 0 Å². The van der Waals surface area contributed by atoms with E-state index in [1.54, 1.807) is 0 Å². The van der Waals surface area contributed by atoms with Crippen molar-refractivity contribution in [2.24, 2.45) is 0 Å². The number of halogens is 1. The minimum Gasteiger partial charge on any atom is -0.356 e. The Morgan fingerprint density at radius 3 is 3.15 bits per heavy atom. The molecule has 0 aliphatic rings. The molecule has 0 radical (unpaired) electrons. The number of aromatic amines is 1. The summed E-state index contributed by atoms with van der Waals surface area (Å²) in [5, 5.41) is 9.88. The summed E-state index contributed by atoms with van der Waals surface area (Å²) in [5.74, 6) is 0.843. The Balaban J connectivity index is 2.11. The van der Waals surface area contributed by atoms with Gasteiger partial charge < -0.3 is 5.32 Å². The average molecular weight is 247 g/mol. The number of amides is 1. The summed E-state index contributed by atoms with van der Waals surface area (Å²) < 4.78 is 0. The first-order valence-electron chi connectivity index (χ1n) is 4.00. The topological polar surface area (TPSA) is 70.7 Å². The third-order valence-electron chi connectivity index (χ3n) is 1.47. The number of aromatic nitrogens is 3. The summed E-state index contributed by atoms with van der Waals surface area (Å²) in [6.45, 7) is 0.598. The van der Waals surface area contributed by atoms with Crippen molar-refractivity contribution in [2.45, 2.75) is 12.8 Å². The predicted octanol–water partition coefficient (Wildman–Crippen LogP) is 0.248. The van der Waals surface area contributed by atoms with Crippen LogP contribution in [0.15, 0.2) is 6.33 Å². The Hall–Kier alpha value is -0.910. The Kier molecular flexibility index (Phi) is 4.45. The number of hydrogen-bond acceptors (Lipinski definition) is 3. The van der Waals surface area contributed by atoms with Gasteiger partial charge in [0, 0.05) is 24.7 Å². The second-order valence-corrected chi connectivity index (χ2v) is 3.26. The molecule has 1 heterocycles. The average Bonchev–Trinajstić information content (AvgIpc) is 2.57. The summed E-state index contributed by atoms with van der Waals surface area (Å²) >= 11 is 3.19. The van der Waals surface area contributed by atoms with Gasteiger partial charge in [-0.1, -0.05) is 15.9 Å². The molecular weight excluding hydrogens is 236 g/mol. The molecule has 6 heteroatoms. The first-order valence-corrected chi connectivity index (χ1v) is 5.12. The molecule has 0 fully saturated rings. The number of alkyl halides is 1. The Bertz CT molecular complexity index is 249. The highest BCUT2D eigenvalue weighted by Gasteiger charge is 1.99. The largest absolute Gasteiger partial charge is 0.356 e. The Morgan fingerprint density at radius 2 is 2.54 bits per heavy atom. The number of nitrogens with zero attached hydrogens (tertiary/aromatic N) is 2.